The van der Waals surface area contributed by atoms with E-state index >= 15 is 0 Å². The maximum absolute atomic E-state index is 13.6. The van der Waals surface area contributed by atoms with Gasteiger partial charge >= 0.3 is 0 Å². The van der Waals surface area contributed by atoms with E-state index in [0.717, 1.165) is 6.07 Å². The van der Waals surface area contributed by atoms with Crippen LogP contribution in [0.5, 0.6) is 23.0 Å². The van der Waals surface area contributed by atoms with Gasteiger partial charge in [-0.3, -0.25) is 4.79 Å². The number of hydrogen-bond donors (Lipinski definition) is 8. The lowest BCUT2D eigenvalue weighted by atomic mass is 10.1. The van der Waals surface area contributed by atoms with E-state index in [1.807, 2.05) is 0 Å². The molecule has 216 valence electrons. The molecule has 0 unspecified atom stereocenters. The second kappa shape index (κ2) is 10.8. The first-order valence-electron chi connectivity index (χ1n) is 12.3. The Morgan fingerprint density at radius 3 is 2.15 bits per heavy atom. The van der Waals surface area contributed by atoms with Crippen molar-refractivity contribution < 1.29 is 64.2 Å². The van der Waals surface area contributed by atoms with Gasteiger partial charge in [-0.1, -0.05) is 0 Å². The molecule has 9 atom stereocenters. The van der Waals surface area contributed by atoms with Crippen molar-refractivity contribution in [1.82, 2.24) is 0 Å². The molecule has 0 aliphatic carbocycles. The summed E-state index contributed by atoms with van der Waals surface area (Å²) in [7, 11) is 0. The van der Waals surface area contributed by atoms with E-state index in [4.69, 9.17) is 23.4 Å². The third kappa shape index (κ3) is 4.95. The van der Waals surface area contributed by atoms with Gasteiger partial charge in [0.1, 0.15) is 64.8 Å². The summed E-state index contributed by atoms with van der Waals surface area (Å²) in [6, 6.07) is 7.70. The fourth-order valence-corrected chi connectivity index (χ4v) is 4.62. The molecule has 3 aromatic rings. The molecule has 2 fully saturated rings. The van der Waals surface area contributed by atoms with Gasteiger partial charge in [-0.15, -0.1) is 0 Å². The van der Waals surface area contributed by atoms with E-state index in [9.17, 15) is 45.6 Å². The summed E-state index contributed by atoms with van der Waals surface area (Å²) in [4.78, 5) is 13.6. The van der Waals surface area contributed by atoms with Crippen LogP contribution in [0.4, 0.5) is 0 Å². The highest BCUT2D eigenvalue weighted by molar-refractivity contribution is 5.88. The van der Waals surface area contributed by atoms with Gasteiger partial charge in [-0.05, 0) is 31.2 Å². The average Bonchev–Trinajstić information content (AvgIpc) is 3.35. The van der Waals surface area contributed by atoms with Gasteiger partial charge in [0.15, 0.2) is 5.76 Å². The molecule has 0 amide bonds. The highest BCUT2D eigenvalue weighted by atomic mass is 16.7. The molecule has 0 spiro atoms. The van der Waals surface area contributed by atoms with Crippen LogP contribution in [0.2, 0.25) is 0 Å². The summed E-state index contributed by atoms with van der Waals surface area (Å²) in [5.41, 5.74) is -0.855. The SMILES string of the molecule is C[C@H](O)[C@@H]1O[C@H](Oc2cc(O)c3c(=O)c(O[C@@H]4O[C@H](CO)[C@H](O)[C@@H]4O)c(-c4ccc(O)cc4)oc3c2)[C@@H](O)[C@@H]1O. The molecule has 14 nitrogen and oxygen atoms in total. The Kier molecular flexibility index (Phi) is 7.60. The molecule has 1 aromatic heterocycles. The van der Waals surface area contributed by atoms with E-state index in [1.165, 1.54) is 37.3 Å². The van der Waals surface area contributed by atoms with E-state index in [1.54, 1.807) is 0 Å². The van der Waals surface area contributed by atoms with E-state index in [0.29, 0.717) is 0 Å². The minimum absolute atomic E-state index is 0.0843. The number of aromatic hydroxyl groups is 2. The lowest BCUT2D eigenvalue weighted by Gasteiger charge is -2.20. The zero-order chi connectivity index (χ0) is 28.9. The summed E-state index contributed by atoms with van der Waals surface area (Å²) in [6.45, 7) is 0.734. The average molecular weight is 564 g/mol. The Labute approximate surface area is 225 Å². The van der Waals surface area contributed by atoms with Crippen molar-refractivity contribution in [2.45, 2.75) is 62.2 Å². The zero-order valence-corrected chi connectivity index (χ0v) is 20.9. The summed E-state index contributed by atoms with van der Waals surface area (Å²) >= 11 is 0. The first-order valence-corrected chi connectivity index (χ1v) is 12.3. The van der Waals surface area contributed by atoms with Crippen molar-refractivity contribution in [2.24, 2.45) is 0 Å². The van der Waals surface area contributed by atoms with Crippen molar-refractivity contribution in [1.29, 1.82) is 0 Å². The molecule has 0 bridgehead atoms. The normalized spacial score (nSPS) is 31.0. The predicted octanol–water partition coefficient (Wildman–Crippen LogP) is -1.10. The van der Waals surface area contributed by atoms with Crippen molar-refractivity contribution in [3.8, 4) is 34.3 Å². The monoisotopic (exact) mass is 564 g/mol. The standard InChI is InChI=1S/C26H28O14/c1-9(28)22-19(33)21(35)25(39-22)36-12-6-13(30)16-14(7-12)37-23(10-2-4-11(29)5-3-10)24(18(16)32)40-26-20(34)17(31)15(8-27)38-26/h2-7,9,15,17,19-22,25-31,33-35H,8H2,1H3/t9-,15+,17-,19-,20-,21-,22-,25-,26-/m0/s1. The number of benzene rings is 2. The zero-order valence-electron chi connectivity index (χ0n) is 20.9. The molecule has 14 heteroatoms. The van der Waals surface area contributed by atoms with Gasteiger partial charge in [-0.2, -0.15) is 0 Å². The van der Waals surface area contributed by atoms with Gasteiger partial charge in [0.2, 0.25) is 23.8 Å². The third-order valence-electron chi connectivity index (χ3n) is 6.75. The third-order valence-corrected chi connectivity index (χ3v) is 6.75. The number of ether oxygens (including phenoxy) is 4. The number of phenolic OH excluding ortho intramolecular Hbond substituents is 2. The summed E-state index contributed by atoms with van der Waals surface area (Å²) in [5.74, 6) is -1.53. The van der Waals surface area contributed by atoms with E-state index in [2.05, 4.69) is 0 Å². The maximum Gasteiger partial charge on any atom is 0.239 e. The van der Waals surface area contributed by atoms with Gasteiger partial charge in [0.25, 0.3) is 0 Å². The van der Waals surface area contributed by atoms with Crippen LogP contribution >= 0.6 is 0 Å². The first kappa shape index (κ1) is 28.1. The summed E-state index contributed by atoms with van der Waals surface area (Å²) in [6.07, 6.45) is -12.6. The highest BCUT2D eigenvalue weighted by Gasteiger charge is 2.47. The molecule has 2 aliphatic heterocycles. The molecule has 5 rings (SSSR count). The van der Waals surface area contributed by atoms with Gasteiger partial charge in [0.05, 0.1) is 12.7 Å². The van der Waals surface area contributed by atoms with Crippen LogP contribution in [0, 0.1) is 0 Å². The van der Waals surface area contributed by atoms with Crippen molar-refractivity contribution in [3.63, 3.8) is 0 Å². The summed E-state index contributed by atoms with van der Waals surface area (Å²) < 4.78 is 27.9. The Hall–Kier alpha value is -3.47. The fourth-order valence-electron chi connectivity index (χ4n) is 4.62. The van der Waals surface area contributed by atoms with Crippen LogP contribution in [-0.4, -0.2) is 103 Å². The minimum Gasteiger partial charge on any atom is -0.508 e. The van der Waals surface area contributed by atoms with Gasteiger partial charge in [0, 0.05) is 17.7 Å². The number of fused-ring (bicyclic) bond motifs is 1. The number of hydrogen-bond acceptors (Lipinski definition) is 14. The van der Waals surface area contributed by atoms with Gasteiger partial charge < -0.3 is 64.2 Å². The Morgan fingerprint density at radius 2 is 1.55 bits per heavy atom. The topological polar surface area (TPSA) is 229 Å². The summed E-state index contributed by atoms with van der Waals surface area (Å²) in [5, 5.41) is 80.1. The predicted molar refractivity (Wildman–Crippen MR) is 133 cm³/mol. The van der Waals surface area contributed by atoms with Crippen LogP contribution in [0.3, 0.4) is 0 Å². The number of aliphatic hydroxyl groups excluding tert-OH is 6. The Bertz CT molecular complexity index is 1420. The van der Waals surface area contributed by atoms with Crippen molar-refractivity contribution >= 4 is 11.0 Å². The molecule has 3 heterocycles. The molecule has 40 heavy (non-hydrogen) atoms. The maximum atomic E-state index is 13.6. The van der Waals surface area contributed by atoms with Crippen molar-refractivity contribution in [3.05, 3.63) is 46.6 Å². The van der Waals surface area contributed by atoms with Crippen LogP contribution in [0.25, 0.3) is 22.3 Å². The second-order valence-electron chi connectivity index (χ2n) is 9.59. The first-order chi connectivity index (χ1) is 19.0. The van der Waals surface area contributed by atoms with Crippen LogP contribution < -0.4 is 14.9 Å². The molecule has 2 aromatic carbocycles. The Balaban J connectivity index is 1.57. The molecule has 2 saturated heterocycles. The van der Waals surface area contributed by atoms with Crippen LogP contribution in [0.15, 0.2) is 45.6 Å². The fraction of sp³-hybridized carbons (Fsp3) is 0.423. The van der Waals surface area contributed by atoms with E-state index < -0.39 is 78.8 Å². The molecule has 2 aliphatic rings. The molecule has 0 radical (unpaired) electrons. The quantitative estimate of drug-likeness (QED) is 0.170. The van der Waals surface area contributed by atoms with Crippen LogP contribution in [0.1, 0.15) is 6.92 Å². The van der Waals surface area contributed by atoms with Crippen molar-refractivity contribution in [2.75, 3.05) is 6.61 Å². The number of phenols is 2. The molecule has 8 N–H and O–H groups in total. The van der Waals surface area contributed by atoms with Crippen LogP contribution in [-0.2, 0) is 9.47 Å². The molecular formula is C26H28O14. The molecule has 0 saturated carbocycles. The minimum atomic E-state index is -1.64. The lowest BCUT2D eigenvalue weighted by Crippen LogP contribution is -2.38. The number of rotatable bonds is 7. The van der Waals surface area contributed by atoms with Gasteiger partial charge in [-0.25, -0.2) is 0 Å². The second-order valence-corrected chi connectivity index (χ2v) is 9.59. The Morgan fingerprint density at radius 1 is 0.900 bits per heavy atom. The van der Waals surface area contributed by atoms with E-state index in [-0.39, 0.29) is 33.8 Å². The smallest absolute Gasteiger partial charge is 0.239 e. The number of aliphatic hydroxyl groups is 6. The molecular weight excluding hydrogens is 536 g/mol. The highest BCUT2D eigenvalue weighted by Crippen LogP contribution is 2.38. The lowest BCUT2D eigenvalue weighted by molar-refractivity contribution is -0.128. The largest absolute Gasteiger partial charge is 0.508 e.